The van der Waals surface area contributed by atoms with Gasteiger partial charge in [0.25, 0.3) is 0 Å². The third kappa shape index (κ3) is 5.93. The molecule has 2 aromatic carbocycles. The van der Waals surface area contributed by atoms with Gasteiger partial charge in [0.15, 0.2) is 22.6 Å². The third-order valence-corrected chi connectivity index (χ3v) is 5.86. The number of piperazine rings is 1. The molecule has 0 radical (unpaired) electrons. The van der Waals surface area contributed by atoms with Gasteiger partial charge in [0, 0.05) is 26.2 Å². The minimum atomic E-state index is -5.08. The Balaban J connectivity index is 0.000000411. The Bertz CT molecular complexity index is 1610. The summed E-state index contributed by atoms with van der Waals surface area (Å²) in [6.07, 6.45) is -3.44. The second-order valence-electron chi connectivity index (χ2n) is 8.61. The number of hydrogen-bond acceptors (Lipinski definition) is 9. The number of rotatable bonds is 5. The highest BCUT2D eigenvalue weighted by Crippen LogP contribution is 2.26. The van der Waals surface area contributed by atoms with E-state index in [0.717, 1.165) is 37.3 Å². The van der Waals surface area contributed by atoms with Crippen molar-refractivity contribution in [2.24, 2.45) is 0 Å². The predicted octanol–water partition coefficient (Wildman–Crippen LogP) is 3.75. The molecule has 1 aliphatic rings. The lowest BCUT2D eigenvalue weighted by Gasteiger charge is -2.27. The van der Waals surface area contributed by atoms with Crippen LogP contribution >= 0.6 is 0 Å². The first-order valence-corrected chi connectivity index (χ1v) is 12.0. The molecule has 11 nitrogen and oxygen atoms in total. The maximum absolute atomic E-state index is 13.9. The average Bonchev–Trinajstić information content (AvgIpc) is 3.56. The van der Waals surface area contributed by atoms with Crippen LogP contribution in [0.3, 0.4) is 0 Å². The number of fused-ring (bicyclic) bond motifs is 2. The van der Waals surface area contributed by atoms with E-state index in [1.807, 2.05) is 30.3 Å². The number of anilines is 2. The summed E-state index contributed by atoms with van der Waals surface area (Å²) in [5.74, 6) is -1.35. The Morgan fingerprint density at radius 3 is 2.52 bits per heavy atom. The normalized spacial score (nSPS) is 13.8. The summed E-state index contributed by atoms with van der Waals surface area (Å²) >= 11 is 0. The molecule has 0 amide bonds. The van der Waals surface area contributed by atoms with Gasteiger partial charge in [0.1, 0.15) is 17.7 Å². The zero-order valence-corrected chi connectivity index (χ0v) is 20.7. The zero-order chi connectivity index (χ0) is 28.3. The largest absolute Gasteiger partial charge is 0.490 e. The van der Waals surface area contributed by atoms with Gasteiger partial charge in [0.05, 0.1) is 12.2 Å². The molecule has 0 spiro atoms. The summed E-state index contributed by atoms with van der Waals surface area (Å²) in [7, 11) is 0. The van der Waals surface area contributed by atoms with Crippen LogP contribution in [0.5, 0.6) is 0 Å². The van der Waals surface area contributed by atoms with Gasteiger partial charge >= 0.3 is 12.1 Å². The van der Waals surface area contributed by atoms with Crippen molar-refractivity contribution in [1.29, 1.82) is 0 Å². The highest BCUT2D eigenvalue weighted by molar-refractivity contribution is 5.85. The molecule has 3 aromatic heterocycles. The number of halogens is 4. The molecule has 1 saturated heterocycles. The minimum absolute atomic E-state index is 0.319. The molecule has 0 bridgehead atoms. The Labute approximate surface area is 223 Å². The van der Waals surface area contributed by atoms with Crippen molar-refractivity contribution in [3.63, 3.8) is 0 Å². The molecule has 4 heterocycles. The van der Waals surface area contributed by atoms with E-state index in [9.17, 15) is 17.6 Å². The topological polar surface area (TPSA) is 134 Å². The van der Waals surface area contributed by atoms with Crippen LogP contribution in [-0.2, 0) is 11.3 Å². The second kappa shape index (κ2) is 11.1. The first-order chi connectivity index (χ1) is 19.2. The number of hydrogen-bond donors (Lipinski definition) is 3. The van der Waals surface area contributed by atoms with Crippen LogP contribution in [0.2, 0.25) is 0 Å². The number of oxazole rings is 1. The number of para-hydroxylation sites is 2. The van der Waals surface area contributed by atoms with Gasteiger partial charge in [-0.3, -0.25) is 4.57 Å². The standard InChI is InChI=1S/C23H21FN8O.C2HF3O2/c24-15-4-3-5-16(12-15)32-14-27-20-21(26-13-19-28-17-6-1-2-7-18(17)33-19)29-23(30-22(20)32)31-10-8-25-9-11-31;3-2(4,5)1(6)7/h1-7,12,14,25H,8-11,13H2,(H,26,29,30);(H,6,7). The minimum Gasteiger partial charge on any atom is -0.475 e. The van der Waals surface area contributed by atoms with Crippen molar-refractivity contribution in [2.75, 3.05) is 36.4 Å². The quantitative estimate of drug-likeness (QED) is 0.274. The van der Waals surface area contributed by atoms with Gasteiger partial charge in [-0.15, -0.1) is 0 Å². The van der Waals surface area contributed by atoms with Crippen LogP contribution in [0.1, 0.15) is 5.89 Å². The molecule has 0 aliphatic carbocycles. The number of aliphatic carboxylic acids is 1. The van der Waals surface area contributed by atoms with E-state index in [-0.39, 0.29) is 5.82 Å². The highest BCUT2D eigenvalue weighted by atomic mass is 19.4. The number of nitrogens with zero attached hydrogens (tertiary/aromatic N) is 6. The number of imidazole rings is 1. The third-order valence-electron chi connectivity index (χ3n) is 5.86. The SMILES string of the molecule is Fc1cccc(-n2cnc3c(NCc4nc5ccccc5o4)nc(N4CCNCC4)nc32)c1.O=C(O)C(F)(F)F. The summed E-state index contributed by atoms with van der Waals surface area (Å²) in [5.41, 5.74) is 3.38. The van der Waals surface area contributed by atoms with Crippen molar-refractivity contribution >= 4 is 40.0 Å². The number of nitrogens with one attached hydrogen (secondary N) is 2. The molecule has 1 aliphatic heterocycles. The maximum Gasteiger partial charge on any atom is 0.490 e. The van der Waals surface area contributed by atoms with Gasteiger partial charge in [-0.25, -0.2) is 19.2 Å². The first-order valence-electron chi connectivity index (χ1n) is 12.0. The number of carboxylic acids is 1. The Hall–Kier alpha value is -4.79. The summed E-state index contributed by atoms with van der Waals surface area (Å²) in [6.45, 7) is 3.65. The molecule has 40 heavy (non-hydrogen) atoms. The summed E-state index contributed by atoms with van der Waals surface area (Å²) in [4.78, 5) is 29.7. The van der Waals surface area contributed by atoms with Crippen LogP contribution in [-0.4, -0.2) is 67.9 Å². The van der Waals surface area contributed by atoms with Gasteiger partial charge in [-0.05, 0) is 30.3 Å². The van der Waals surface area contributed by atoms with Gasteiger partial charge < -0.3 is 25.1 Å². The molecule has 5 aromatic rings. The molecule has 1 fully saturated rings. The average molecular weight is 558 g/mol. The van der Waals surface area contributed by atoms with E-state index < -0.39 is 12.1 Å². The van der Waals surface area contributed by atoms with Crippen LogP contribution in [0.4, 0.5) is 29.3 Å². The molecule has 15 heteroatoms. The summed E-state index contributed by atoms with van der Waals surface area (Å²) in [5, 5.41) is 13.8. The lowest BCUT2D eigenvalue weighted by atomic mass is 10.3. The Morgan fingerprint density at radius 2 is 1.82 bits per heavy atom. The number of alkyl halides is 3. The monoisotopic (exact) mass is 558 g/mol. The van der Waals surface area contributed by atoms with E-state index in [4.69, 9.17) is 24.3 Å². The fourth-order valence-corrected chi connectivity index (χ4v) is 3.99. The Morgan fingerprint density at radius 1 is 1.07 bits per heavy atom. The fraction of sp³-hybridized carbons (Fsp3) is 0.240. The fourth-order valence-electron chi connectivity index (χ4n) is 3.99. The molecule has 0 unspecified atom stereocenters. The van der Waals surface area contributed by atoms with Crippen LogP contribution in [0.25, 0.3) is 28.0 Å². The lowest BCUT2D eigenvalue weighted by molar-refractivity contribution is -0.192. The first kappa shape index (κ1) is 26.8. The van der Waals surface area contributed by atoms with E-state index in [1.165, 1.54) is 12.1 Å². The second-order valence-corrected chi connectivity index (χ2v) is 8.61. The summed E-state index contributed by atoms with van der Waals surface area (Å²) in [6, 6.07) is 14.0. The van der Waals surface area contributed by atoms with Crippen LogP contribution in [0.15, 0.2) is 59.3 Å². The van der Waals surface area contributed by atoms with Crippen LogP contribution in [0, 0.1) is 5.82 Å². The van der Waals surface area contributed by atoms with Crippen molar-refractivity contribution in [3.05, 3.63) is 66.6 Å². The van der Waals surface area contributed by atoms with Gasteiger partial charge in [0.2, 0.25) is 11.8 Å². The van der Waals surface area contributed by atoms with Gasteiger partial charge in [-0.2, -0.15) is 23.1 Å². The zero-order valence-electron chi connectivity index (χ0n) is 20.7. The van der Waals surface area contributed by atoms with Crippen molar-refractivity contribution in [3.8, 4) is 5.69 Å². The summed E-state index contributed by atoms with van der Waals surface area (Å²) < 4.78 is 53.2. The van der Waals surface area contributed by atoms with E-state index in [2.05, 4.69) is 25.5 Å². The van der Waals surface area contributed by atoms with Gasteiger partial charge in [-0.1, -0.05) is 18.2 Å². The van der Waals surface area contributed by atoms with E-state index in [1.54, 1.807) is 17.0 Å². The van der Waals surface area contributed by atoms with Crippen molar-refractivity contribution < 1.29 is 31.9 Å². The maximum atomic E-state index is 13.9. The molecular weight excluding hydrogens is 536 g/mol. The van der Waals surface area contributed by atoms with E-state index in [0.29, 0.717) is 41.1 Å². The smallest absolute Gasteiger partial charge is 0.475 e. The van der Waals surface area contributed by atoms with E-state index >= 15 is 0 Å². The van der Waals surface area contributed by atoms with Crippen molar-refractivity contribution in [1.82, 2.24) is 29.8 Å². The molecule has 3 N–H and O–H groups in total. The van der Waals surface area contributed by atoms with Crippen molar-refractivity contribution in [2.45, 2.75) is 12.7 Å². The number of aromatic nitrogens is 5. The molecule has 208 valence electrons. The van der Waals surface area contributed by atoms with Crippen LogP contribution < -0.4 is 15.5 Å². The number of carboxylic acid groups (broad SMARTS) is 1. The molecular formula is C25H22F4N8O3. The lowest BCUT2D eigenvalue weighted by Crippen LogP contribution is -2.44. The highest BCUT2D eigenvalue weighted by Gasteiger charge is 2.38. The molecule has 0 saturated carbocycles. The number of benzene rings is 2. The predicted molar refractivity (Wildman–Crippen MR) is 137 cm³/mol. The Kier molecular flexibility index (Phi) is 7.46. The number of carbonyl (C=O) groups is 1. The molecule has 6 rings (SSSR count). The molecule has 0 atom stereocenters.